The highest BCUT2D eigenvalue weighted by molar-refractivity contribution is 5.25. The van der Waals surface area contributed by atoms with E-state index in [1.807, 2.05) is 33.8 Å². The third-order valence-corrected chi connectivity index (χ3v) is 2.43. The molecule has 14 heavy (non-hydrogen) atoms. The third kappa shape index (κ3) is 1.73. The van der Waals surface area contributed by atoms with Crippen molar-refractivity contribution in [1.29, 1.82) is 0 Å². The summed E-state index contributed by atoms with van der Waals surface area (Å²) in [6.45, 7) is 7.51. The van der Waals surface area contributed by atoms with Crippen LogP contribution >= 0.6 is 0 Å². The van der Waals surface area contributed by atoms with Crippen molar-refractivity contribution in [2.24, 2.45) is 0 Å². The summed E-state index contributed by atoms with van der Waals surface area (Å²) in [5.41, 5.74) is 2.25. The Labute approximate surface area is 84.0 Å². The Morgan fingerprint density at radius 2 is 2.00 bits per heavy atom. The molecule has 1 rings (SSSR count). The van der Waals surface area contributed by atoms with Crippen molar-refractivity contribution < 1.29 is 5.11 Å². The van der Waals surface area contributed by atoms with Crippen LogP contribution in [0.25, 0.3) is 0 Å². The molecule has 78 valence electrons. The van der Waals surface area contributed by atoms with E-state index in [0.717, 1.165) is 11.3 Å². The van der Waals surface area contributed by atoms with Crippen LogP contribution in [0, 0.1) is 13.8 Å². The zero-order chi connectivity index (χ0) is 10.9. The van der Waals surface area contributed by atoms with Gasteiger partial charge in [-0.25, -0.2) is 0 Å². The van der Waals surface area contributed by atoms with E-state index in [4.69, 9.17) is 5.11 Å². The van der Waals surface area contributed by atoms with Gasteiger partial charge >= 0.3 is 0 Å². The van der Waals surface area contributed by atoms with Gasteiger partial charge < -0.3 is 9.67 Å². The van der Waals surface area contributed by atoms with E-state index in [-0.39, 0.29) is 18.2 Å². The molecule has 0 radical (unpaired) electrons. The summed E-state index contributed by atoms with van der Waals surface area (Å²) in [6, 6.07) is 2.07. The standard InChI is InChI=1S/C11H17NO2/c1-7(2)12-9(4)5-8(3)10(6-13)11(12)14/h5,7,13H,6H2,1-4H3. The van der Waals surface area contributed by atoms with Crippen molar-refractivity contribution in [2.45, 2.75) is 40.3 Å². The molecule has 0 spiro atoms. The lowest BCUT2D eigenvalue weighted by Crippen LogP contribution is -2.28. The average Bonchev–Trinajstić information content (AvgIpc) is 2.02. The first-order chi connectivity index (χ1) is 6.49. The molecule has 0 aromatic carbocycles. The van der Waals surface area contributed by atoms with Crippen molar-refractivity contribution in [3.8, 4) is 0 Å². The Bertz CT molecular complexity index is 391. The molecule has 1 aromatic heterocycles. The van der Waals surface area contributed by atoms with Crippen LogP contribution < -0.4 is 5.56 Å². The summed E-state index contributed by atoms with van der Waals surface area (Å²) in [6.07, 6.45) is 0. The number of aromatic nitrogens is 1. The number of aliphatic hydroxyl groups excluding tert-OH is 1. The van der Waals surface area contributed by atoms with E-state index in [1.165, 1.54) is 0 Å². The highest BCUT2D eigenvalue weighted by Gasteiger charge is 2.11. The summed E-state index contributed by atoms with van der Waals surface area (Å²) in [7, 11) is 0. The van der Waals surface area contributed by atoms with Gasteiger partial charge in [0.25, 0.3) is 5.56 Å². The first-order valence-corrected chi connectivity index (χ1v) is 4.81. The van der Waals surface area contributed by atoms with Crippen molar-refractivity contribution in [1.82, 2.24) is 4.57 Å². The molecule has 0 aliphatic heterocycles. The molecule has 0 aliphatic rings. The molecular weight excluding hydrogens is 178 g/mol. The van der Waals surface area contributed by atoms with Crippen LogP contribution in [-0.4, -0.2) is 9.67 Å². The minimum Gasteiger partial charge on any atom is -0.391 e. The predicted molar refractivity (Wildman–Crippen MR) is 56.5 cm³/mol. The van der Waals surface area contributed by atoms with E-state index in [1.54, 1.807) is 4.57 Å². The summed E-state index contributed by atoms with van der Waals surface area (Å²) in [5.74, 6) is 0. The van der Waals surface area contributed by atoms with Crippen LogP contribution in [0.1, 0.15) is 36.7 Å². The van der Waals surface area contributed by atoms with E-state index in [0.29, 0.717) is 5.56 Å². The van der Waals surface area contributed by atoms with E-state index < -0.39 is 0 Å². The van der Waals surface area contributed by atoms with Gasteiger partial charge in [0.15, 0.2) is 0 Å². The van der Waals surface area contributed by atoms with Crippen molar-refractivity contribution in [3.05, 3.63) is 33.2 Å². The number of pyridine rings is 1. The van der Waals surface area contributed by atoms with E-state index in [2.05, 4.69) is 0 Å². The fraction of sp³-hybridized carbons (Fsp3) is 0.545. The highest BCUT2D eigenvalue weighted by atomic mass is 16.3. The fourth-order valence-electron chi connectivity index (χ4n) is 1.78. The maximum atomic E-state index is 11.9. The van der Waals surface area contributed by atoms with Gasteiger partial charge in [0, 0.05) is 17.3 Å². The number of nitrogens with zero attached hydrogens (tertiary/aromatic N) is 1. The first-order valence-electron chi connectivity index (χ1n) is 4.81. The zero-order valence-corrected chi connectivity index (χ0v) is 9.16. The van der Waals surface area contributed by atoms with Crippen LogP contribution in [0.2, 0.25) is 0 Å². The molecule has 1 heterocycles. The van der Waals surface area contributed by atoms with Crippen LogP contribution in [0.15, 0.2) is 10.9 Å². The zero-order valence-electron chi connectivity index (χ0n) is 9.16. The van der Waals surface area contributed by atoms with Crippen molar-refractivity contribution in [2.75, 3.05) is 0 Å². The maximum absolute atomic E-state index is 11.9. The van der Waals surface area contributed by atoms with Gasteiger partial charge in [-0.3, -0.25) is 4.79 Å². The summed E-state index contributed by atoms with van der Waals surface area (Å²) in [4.78, 5) is 11.9. The second kappa shape index (κ2) is 3.96. The van der Waals surface area contributed by atoms with E-state index >= 15 is 0 Å². The summed E-state index contributed by atoms with van der Waals surface area (Å²) in [5, 5.41) is 9.08. The molecule has 0 fully saturated rings. The van der Waals surface area contributed by atoms with Gasteiger partial charge in [0.2, 0.25) is 0 Å². The first kappa shape index (κ1) is 11.0. The Kier molecular flexibility index (Phi) is 3.11. The Balaban J connectivity index is 3.53. The Morgan fingerprint density at radius 3 is 2.43 bits per heavy atom. The highest BCUT2D eigenvalue weighted by Crippen LogP contribution is 2.10. The largest absolute Gasteiger partial charge is 0.391 e. The number of aliphatic hydroxyl groups is 1. The lowest BCUT2D eigenvalue weighted by molar-refractivity contribution is 0.277. The third-order valence-electron chi connectivity index (χ3n) is 2.43. The Morgan fingerprint density at radius 1 is 1.43 bits per heavy atom. The van der Waals surface area contributed by atoms with Crippen molar-refractivity contribution >= 4 is 0 Å². The number of hydrogen-bond donors (Lipinski definition) is 1. The molecule has 1 aromatic rings. The number of aryl methyl sites for hydroxylation is 2. The molecule has 0 amide bonds. The minimum absolute atomic E-state index is 0.0694. The quantitative estimate of drug-likeness (QED) is 0.777. The van der Waals surface area contributed by atoms with Gasteiger partial charge in [-0.1, -0.05) is 0 Å². The molecule has 3 heteroatoms. The Hall–Kier alpha value is -1.09. The smallest absolute Gasteiger partial charge is 0.256 e. The normalized spacial score (nSPS) is 11.0. The molecule has 0 atom stereocenters. The topological polar surface area (TPSA) is 42.2 Å². The monoisotopic (exact) mass is 195 g/mol. The minimum atomic E-state index is -0.183. The lowest BCUT2D eigenvalue weighted by atomic mass is 10.1. The molecule has 0 unspecified atom stereocenters. The van der Waals surface area contributed by atoms with Gasteiger partial charge in [-0.15, -0.1) is 0 Å². The van der Waals surface area contributed by atoms with E-state index in [9.17, 15) is 4.79 Å². The molecule has 0 saturated carbocycles. The summed E-state index contributed by atoms with van der Waals surface area (Å²) < 4.78 is 1.71. The summed E-state index contributed by atoms with van der Waals surface area (Å²) >= 11 is 0. The molecule has 0 bridgehead atoms. The molecule has 3 nitrogen and oxygen atoms in total. The molecule has 0 saturated heterocycles. The second-order valence-electron chi connectivity index (χ2n) is 3.87. The van der Waals surface area contributed by atoms with Crippen LogP contribution in [0.3, 0.4) is 0 Å². The van der Waals surface area contributed by atoms with Gasteiger partial charge in [0.05, 0.1) is 6.61 Å². The second-order valence-corrected chi connectivity index (χ2v) is 3.87. The van der Waals surface area contributed by atoms with Gasteiger partial charge in [-0.05, 0) is 39.3 Å². The fourth-order valence-corrected chi connectivity index (χ4v) is 1.78. The van der Waals surface area contributed by atoms with Crippen molar-refractivity contribution in [3.63, 3.8) is 0 Å². The lowest BCUT2D eigenvalue weighted by Gasteiger charge is -2.16. The van der Waals surface area contributed by atoms with Gasteiger partial charge in [0.1, 0.15) is 0 Å². The van der Waals surface area contributed by atoms with Gasteiger partial charge in [-0.2, -0.15) is 0 Å². The maximum Gasteiger partial charge on any atom is 0.256 e. The average molecular weight is 195 g/mol. The van der Waals surface area contributed by atoms with Crippen LogP contribution in [0.4, 0.5) is 0 Å². The number of hydrogen-bond acceptors (Lipinski definition) is 2. The van der Waals surface area contributed by atoms with Crippen LogP contribution in [-0.2, 0) is 6.61 Å². The molecule has 1 N–H and O–H groups in total. The molecule has 0 aliphatic carbocycles. The predicted octanol–water partition coefficient (Wildman–Crippen LogP) is 1.54. The molecular formula is C11H17NO2. The number of rotatable bonds is 2. The SMILES string of the molecule is Cc1cc(C)n(C(C)C)c(=O)c1CO. The van der Waals surface area contributed by atoms with Crippen LogP contribution in [0.5, 0.6) is 0 Å².